The lowest BCUT2D eigenvalue weighted by Gasteiger charge is -2.12. The van der Waals surface area contributed by atoms with Crippen LogP contribution in [0, 0.1) is 5.82 Å². The molecule has 0 spiro atoms. The van der Waals surface area contributed by atoms with E-state index < -0.39 is 21.7 Å². The number of carbonyl (C=O) groups is 1. The lowest BCUT2D eigenvalue weighted by Crippen LogP contribution is -2.13. The minimum absolute atomic E-state index is 0.113. The average Bonchev–Trinajstić information content (AvgIpc) is 3.16. The number of benzene rings is 2. The lowest BCUT2D eigenvalue weighted by molar-refractivity contribution is 0.102. The summed E-state index contributed by atoms with van der Waals surface area (Å²) < 4.78 is 44.2. The van der Waals surface area contributed by atoms with Crippen molar-refractivity contribution in [3.05, 3.63) is 60.3 Å². The Bertz CT molecular complexity index is 1110. The number of methoxy groups -OCH3 is 1. The number of nitrogens with zero attached hydrogens (tertiary/aromatic N) is 1. The van der Waals surface area contributed by atoms with Crippen molar-refractivity contribution in [2.45, 2.75) is 0 Å². The van der Waals surface area contributed by atoms with Gasteiger partial charge in [0, 0.05) is 22.9 Å². The number of sulfonamides is 1. The second-order valence-corrected chi connectivity index (χ2v) is 7.69. The van der Waals surface area contributed by atoms with Crippen LogP contribution < -0.4 is 14.8 Å². The molecule has 0 aliphatic heterocycles. The van der Waals surface area contributed by atoms with E-state index in [0.717, 1.165) is 12.3 Å². The van der Waals surface area contributed by atoms with Crippen molar-refractivity contribution in [2.75, 3.05) is 23.4 Å². The Morgan fingerprint density at radius 3 is 2.64 bits per heavy atom. The number of imidazole rings is 1. The van der Waals surface area contributed by atoms with E-state index in [-0.39, 0.29) is 17.0 Å². The largest absolute Gasteiger partial charge is 0.494 e. The molecule has 10 heteroatoms. The smallest absolute Gasteiger partial charge is 0.255 e. The third kappa shape index (κ3) is 4.65. The molecule has 146 valence electrons. The Kier molecular flexibility index (Phi) is 5.32. The molecule has 1 amide bonds. The zero-order valence-corrected chi connectivity index (χ0v) is 15.8. The number of halogens is 1. The second-order valence-electron chi connectivity index (χ2n) is 5.94. The van der Waals surface area contributed by atoms with Gasteiger partial charge in [0.1, 0.15) is 11.6 Å². The van der Waals surface area contributed by atoms with Crippen molar-refractivity contribution >= 4 is 27.3 Å². The third-order valence-electron chi connectivity index (χ3n) is 3.72. The predicted octanol–water partition coefficient (Wildman–Crippen LogP) is 2.85. The molecule has 28 heavy (non-hydrogen) atoms. The minimum atomic E-state index is -3.49. The molecule has 3 N–H and O–H groups in total. The highest BCUT2D eigenvalue weighted by molar-refractivity contribution is 7.92. The quantitative estimate of drug-likeness (QED) is 0.585. The normalized spacial score (nSPS) is 11.1. The first-order valence-electron chi connectivity index (χ1n) is 8.02. The number of carbonyl (C=O) groups excluding carboxylic acids is 1. The highest BCUT2D eigenvalue weighted by atomic mass is 32.2. The van der Waals surface area contributed by atoms with Crippen LogP contribution in [0.25, 0.3) is 11.3 Å². The van der Waals surface area contributed by atoms with Crippen molar-refractivity contribution in [3.8, 4) is 17.0 Å². The third-order valence-corrected chi connectivity index (χ3v) is 4.31. The summed E-state index contributed by atoms with van der Waals surface area (Å²) in [6.07, 6.45) is 4.00. The Labute approximate surface area is 160 Å². The molecule has 0 unspecified atom stereocenters. The monoisotopic (exact) mass is 404 g/mol. The first kappa shape index (κ1) is 19.4. The fourth-order valence-electron chi connectivity index (χ4n) is 2.55. The van der Waals surface area contributed by atoms with E-state index >= 15 is 0 Å². The highest BCUT2D eigenvalue weighted by Gasteiger charge is 2.13. The van der Waals surface area contributed by atoms with Crippen molar-refractivity contribution in [1.29, 1.82) is 0 Å². The summed E-state index contributed by atoms with van der Waals surface area (Å²) in [6, 6.07) is 8.36. The van der Waals surface area contributed by atoms with E-state index in [1.807, 2.05) is 0 Å². The molecule has 1 aromatic heterocycles. The summed E-state index contributed by atoms with van der Waals surface area (Å²) in [5.41, 5.74) is 1.75. The number of nitrogens with one attached hydrogen (secondary N) is 3. The molecule has 0 radical (unpaired) electrons. The molecule has 2 aromatic carbocycles. The summed E-state index contributed by atoms with van der Waals surface area (Å²) >= 11 is 0. The average molecular weight is 404 g/mol. The van der Waals surface area contributed by atoms with Crippen LogP contribution in [-0.2, 0) is 10.0 Å². The number of ether oxygens (including phenoxy) is 1. The maximum atomic E-state index is 13.9. The molecule has 0 fully saturated rings. The van der Waals surface area contributed by atoms with E-state index in [9.17, 15) is 17.6 Å². The Hall–Kier alpha value is -3.40. The van der Waals surface area contributed by atoms with Gasteiger partial charge in [0.05, 0.1) is 37.3 Å². The van der Waals surface area contributed by atoms with Gasteiger partial charge < -0.3 is 15.0 Å². The first-order valence-corrected chi connectivity index (χ1v) is 9.91. The van der Waals surface area contributed by atoms with Gasteiger partial charge in [-0.25, -0.2) is 17.8 Å². The number of hydrogen-bond acceptors (Lipinski definition) is 5. The molecule has 0 saturated heterocycles. The summed E-state index contributed by atoms with van der Waals surface area (Å²) in [5.74, 6) is -0.880. The highest BCUT2D eigenvalue weighted by Crippen LogP contribution is 2.29. The SMILES string of the molecule is COc1cc(NC(=O)c2cc(F)cc(-c3cnc[nH]3)c2)ccc1NS(C)(=O)=O. The standard InChI is InChI=1S/C18H17FN4O4S/c1-27-17-8-14(3-4-15(17)23-28(2,25)26)22-18(24)12-5-11(6-13(19)7-12)16-9-20-10-21-16/h3-10,23H,1-2H3,(H,20,21)(H,22,24). The zero-order valence-electron chi connectivity index (χ0n) is 15.0. The topological polar surface area (TPSA) is 113 Å². The van der Waals surface area contributed by atoms with E-state index in [1.165, 1.54) is 50.0 Å². The number of rotatable bonds is 6. The Morgan fingerprint density at radius 2 is 2.00 bits per heavy atom. The van der Waals surface area contributed by atoms with Crippen LogP contribution in [0.15, 0.2) is 48.9 Å². The van der Waals surface area contributed by atoms with Gasteiger partial charge in [0.15, 0.2) is 0 Å². The number of hydrogen-bond donors (Lipinski definition) is 3. The zero-order chi connectivity index (χ0) is 20.3. The van der Waals surface area contributed by atoms with E-state index in [2.05, 4.69) is 20.0 Å². The molecule has 0 saturated carbocycles. The van der Waals surface area contributed by atoms with Gasteiger partial charge in [0.2, 0.25) is 10.0 Å². The van der Waals surface area contributed by atoms with Crippen molar-refractivity contribution < 1.29 is 22.3 Å². The van der Waals surface area contributed by atoms with Crippen LogP contribution in [0.2, 0.25) is 0 Å². The van der Waals surface area contributed by atoms with Gasteiger partial charge in [-0.2, -0.15) is 0 Å². The Morgan fingerprint density at radius 1 is 1.21 bits per heavy atom. The number of aromatic amines is 1. The number of anilines is 2. The van der Waals surface area contributed by atoms with E-state index in [0.29, 0.717) is 16.9 Å². The fourth-order valence-corrected chi connectivity index (χ4v) is 3.11. The van der Waals surface area contributed by atoms with Crippen LogP contribution in [0.4, 0.5) is 15.8 Å². The Balaban J connectivity index is 1.85. The number of amides is 1. The van der Waals surface area contributed by atoms with Gasteiger partial charge in [-0.1, -0.05) is 0 Å². The lowest BCUT2D eigenvalue weighted by atomic mass is 10.1. The van der Waals surface area contributed by atoms with E-state index in [1.54, 1.807) is 0 Å². The van der Waals surface area contributed by atoms with Crippen LogP contribution in [0.3, 0.4) is 0 Å². The summed E-state index contributed by atoms with van der Waals surface area (Å²) in [6.45, 7) is 0. The van der Waals surface area contributed by atoms with Crippen LogP contribution in [-0.4, -0.2) is 37.7 Å². The molecule has 0 aliphatic carbocycles. The van der Waals surface area contributed by atoms with Crippen molar-refractivity contribution in [2.24, 2.45) is 0 Å². The second kappa shape index (κ2) is 7.69. The number of H-pyrrole nitrogens is 1. The maximum Gasteiger partial charge on any atom is 0.255 e. The van der Waals surface area contributed by atoms with Gasteiger partial charge >= 0.3 is 0 Å². The van der Waals surface area contributed by atoms with Crippen LogP contribution in [0.1, 0.15) is 10.4 Å². The van der Waals surface area contributed by atoms with Crippen molar-refractivity contribution in [3.63, 3.8) is 0 Å². The molecular weight excluding hydrogens is 387 g/mol. The number of aromatic nitrogens is 2. The van der Waals surface area contributed by atoms with Gasteiger partial charge in [0.25, 0.3) is 5.91 Å². The van der Waals surface area contributed by atoms with Crippen LogP contribution in [0.5, 0.6) is 5.75 Å². The predicted molar refractivity (Wildman–Crippen MR) is 103 cm³/mol. The summed E-state index contributed by atoms with van der Waals surface area (Å²) in [7, 11) is -2.11. The molecule has 0 bridgehead atoms. The van der Waals surface area contributed by atoms with Gasteiger partial charge in [-0.3, -0.25) is 9.52 Å². The molecule has 0 aliphatic rings. The van der Waals surface area contributed by atoms with E-state index in [4.69, 9.17) is 4.74 Å². The van der Waals surface area contributed by atoms with Crippen molar-refractivity contribution in [1.82, 2.24) is 9.97 Å². The van der Waals surface area contributed by atoms with Crippen LogP contribution >= 0.6 is 0 Å². The molecule has 3 rings (SSSR count). The molecule has 1 heterocycles. The molecule has 3 aromatic rings. The maximum absolute atomic E-state index is 13.9. The molecular formula is C18H17FN4O4S. The fraction of sp³-hybridized carbons (Fsp3) is 0.111. The first-order chi connectivity index (χ1) is 13.2. The van der Waals surface area contributed by atoms with Gasteiger partial charge in [-0.15, -0.1) is 0 Å². The molecule has 8 nitrogen and oxygen atoms in total. The van der Waals surface area contributed by atoms with Gasteiger partial charge in [-0.05, 0) is 30.3 Å². The summed E-state index contributed by atoms with van der Waals surface area (Å²) in [4.78, 5) is 19.3. The summed E-state index contributed by atoms with van der Waals surface area (Å²) in [5, 5.41) is 2.63. The molecule has 0 atom stereocenters. The minimum Gasteiger partial charge on any atom is -0.494 e.